The van der Waals surface area contributed by atoms with E-state index >= 15 is 0 Å². The molecule has 8 heteroatoms. The van der Waals surface area contributed by atoms with Gasteiger partial charge in [-0.1, -0.05) is 6.07 Å². The summed E-state index contributed by atoms with van der Waals surface area (Å²) in [6, 6.07) is 7.14. The maximum absolute atomic E-state index is 12.5. The number of fused-ring (bicyclic) bond motifs is 4. The molecule has 0 amide bonds. The van der Waals surface area contributed by atoms with Crippen LogP contribution in [-0.2, 0) is 31.4 Å². The van der Waals surface area contributed by atoms with E-state index in [-0.39, 0.29) is 16.7 Å². The normalized spacial score (nSPS) is 24.2. The number of pyridine rings is 2. The highest BCUT2D eigenvalue weighted by Gasteiger charge is 2.34. The maximum atomic E-state index is 12.5. The van der Waals surface area contributed by atoms with E-state index < -0.39 is 0 Å². The Morgan fingerprint density at radius 1 is 1.06 bits per heavy atom. The fourth-order valence-electron chi connectivity index (χ4n) is 5.45. The Bertz CT molecular complexity index is 1090. The lowest BCUT2D eigenvalue weighted by Gasteiger charge is -2.43. The van der Waals surface area contributed by atoms with Gasteiger partial charge in [-0.25, -0.2) is 0 Å². The van der Waals surface area contributed by atoms with Gasteiger partial charge in [-0.3, -0.25) is 19.4 Å². The van der Waals surface area contributed by atoms with Crippen LogP contribution < -0.4 is 11.0 Å². The first-order valence-corrected chi connectivity index (χ1v) is 11.1. The Kier molecular flexibility index (Phi) is 5.45. The van der Waals surface area contributed by atoms with Gasteiger partial charge in [-0.15, -0.1) is 0 Å². The second-order valence-corrected chi connectivity index (χ2v) is 9.13. The third kappa shape index (κ3) is 3.95. The second-order valence-electron chi connectivity index (χ2n) is 9.13. The Morgan fingerprint density at radius 3 is 2.68 bits per heavy atom. The fourth-order valence-corrected chi connectivity index (χ4v) is 5.45. The molecule has 0 saturated carbocycles. The number of hydrogen-bond donors (Lipinski definition) is 1. The van der Waals surface area contributed by atoms with Gasteiger partial charge in [0.1, 0.15) is 0 Å². The summed E-state index contributed by atoms with van der Waals surface area (Å²) in [6.07, 6.45) is 1.11. The minimum atomic E-state index is -0.314. The van der Waals surface area contributed by atoms with Crippen LogP contribution in [0.1, 0.15) is 29.4 Å². The smallest absolute Gasteiger partial charge is 0.250 e. The largest absolute Gasteiger partial charge is 0.503 e. The van der Waals surface area contributed by atoms with Crippen LogP contribution in [0.15, 0.2) is 33.9 Å². The predicted molar refractivity (Wildman–Crippen MR) is 116 cm³/mol. The molecule has 2 bridgehead atoms. The molecule has 2 fully saturated rings. The van der Waals surface area contributed by atoms with Crippen molar-refractivity contribution in [1.29, 1.82) is 0 Å². The molecule has 1 N–H and O–H groups in total. The minimum absolute atomic E-state index is 0.0920. The lowest BCUT2D eigenvalue weighted by molar-refractivity contribution is 0.0327. The molecule has 3 aliphatic heterocycles. The summed E-state index contributed by atoms with van der Waals surface area (Å²) in [5.74, 6) is 0.623. The monoisotopic (exact) mass is 426 g/mol. The van der Waals surface area contributed by atoms with E-state index in [2.05, 4.69) is 15.9 Å². The first-order chi connectivity index (χ1) is 15.0. The molecule has 2 aromatic rings. The molecule has 0 unspecified atom stereocenters. The van der Waals surface area contributed by atoms with Gasteiger partial charge in [0.2, 0.25) is 5.43 Å². The molecular weight excluding hydrogens is 396 g/mol. The van der Waals surface area contributed by atoms with Crippen molar-refractivity contribution in [2.24, 2.45) is 13.0 Å². The number of aromatic hydroxyl groups is 1. The Labute approximate surface area is 181 Å². The summed E-state index contributed by atoms with van der Waals surface area (Å²) < 4.78 is 9.33. The average molecular weight is 427 g/mol. The fraction of sp³-hybridized carbons (Fsp3) is 0.565. The van der Waals surface area contributed by atoms with Crippen molar-refractivity contribution in [1.82, 2.24) is 18.9 Å². The third-order valence-corrected chi connectivity index (χ3v) is 7.06. The molecule has 0 radical (unpaired) electrons. The average Bonchev–Trinajstić information content (AvgIpc) is 2.76. The van der Waals surface area contributed by atoms with Crippen LogP contribution in [0.2, 0.25) is 0 Å². The molecule has 2 aromatic heterocycles. The van der Waals surface area contributed by atoms with Gasteiger partial charge < -0.3 is 19.0 Å². The Balaban J connectivity index is 1.38. The number of rotatable bonds is 4. The van der Waals surface area contributed by atoms with E-state index in [1.165, 1.54) is 0 Å². The van der Waals surface area contributed by atoms with Gasteiger partial charge >= 0.3 is 0 Å². The zero-order chi connectivity index (χ0) is 21.5. The van der Waals surface area contributed by atoms with Crippen LogP contribution in [0.3, 0.4) is 0 Å². The zero-order valence-corrected chi connectivity index (χ0v) is 18.0. The first kappa shape index (κ1) is 20.5. The van der Waals surface area contributed by atoms with E-state index in [0.29, 0.717) is 43.8 Å². The number of piperidine rings is 1. The highest BCUT2D eigenvalue weighted by molar-refractivity contribution is 5.30. The molecule has 2 saturated heterocycles. The summed E-state index contributed by atoms with van der Waals surface area (Å²) in [5.41, 5.74) is 2.48. The van der Waals surface area contributed by atoms with E-state index in [4.69, 9.17) is 4.74 Å². The molecule has 3 aliphatic rings. The minimum Gasteiger partial charge on any atom is -0.503 e. The highest BCUT2D eigenvalue weighted by Crippen LogP contribution is 2.35. The number of hydrogen-bond acceptors (Lipinski definition) is 6. The molecular formula is C23H30N4O4. The van der Waals surface area contributed by atoms with Gasteiger partial charge in [-0.2, -0.15) is 0 Å². The van der Waals surface area contributed by atoms with E-state index in [9.17, 15) is 14.7 Å². The Morgan fingerprint density at radius 2 is 1.87 bits per heavy atom. The molecule has 0 spiro atoms. The third-order valence-electron chi connectivity index (χ3n) is 7.06. The van der Waals surface area contributed by atoms with Crippen LogP contribution >= 0.6 is 0 Å². The van der Waals surface area contributed by atoms with Crippen LogP contribution in [0.25, 0.3) is 0 Å². The molecule has 0 aliphatic carbocycles. The zero-order valence-electron chi connectivity index (χ0n) is 18.0. The molecule has 0 aromatic carbocycles. The van der Waals surface area contributed by atoms with E-state index in [0.717, 1.165) is 50.5 Å². The lowest BCUT2D eigenvalue weighted by Crippen LogP contribution is -2.47. The van der Waals surface area contributed by atoms with Gasteiger partial charge in [0, 0.05) is 82.3 Å². The SMILES string of the molecule is Cn1c(CN2C[C@H]3C[C@@H](C2)c2cccc(=O)n2C3)cc(=O)c(O)c1CN1CCOCC1. The number of aromatic nitrogens is 2. The number of likely N-dealkylation sites (tertiary alicyclic amines) is 1. The highest BCUT2D eigenvalue weighted by atomic mass is 16.5. The Hall–Kier alpha value is -2.42. The topological polar surface area (TPSA) is 79.9 Å². The van der Waals surface area contributed by atoms with Crippen LogP contribution in [0.4, 0.5) is 0 Å². The predicted octanol–water partition coefficient (Wildman–Crippen LogP) is 0.704. The number of morpholine rings is 1. The number of ether oxygens (including phenoxy) is 1. The van der Waals surface area contributed by atoms with Gasteiger partial charge in [0.25, 0.3) is 5.56 Å². The van der Waals surface area contributed by atoms with Crippen molar-refractivity contribution in [3.63, 3.8) is 0 Å². The number of nitrogens with zero attached hydrogens (tertiary/aromatic N) is 4. The van der Waals surface area contributed by atoms with Crippen LogP contribution in [-0.4, -0.2) is 63.4 Å². The molecule has 5 heterocycles. The van der Waals surface area contributed by atoms with Gasteiger partial charge in [0.05, 0.1) is 18.9 Å². The first-order valence-electron chi connectivity index (χ1n) is 11.1. The van der Waals surface area contributed by atoms with Crippen molar-refractivity contribution >= 4 is 0 Å². The maximum Gasteiger partial charge on any atom is 0.250 e. The van der Waals surface area contributed by atoms with E-state index in [1.807, 2.05) is 22.2 Å². The standard InChI is InChI=1S/C23H30N4O4/c1-24-18(10-21(28)23(30)20(24)15-25-5-7-31-8-6-25)14-26-11-16-9-17(13-26)19-3-2-4-22(29)27(19)12-16/h2-4,10,16-17,30H,5-9,11-15H2,1H3/t16-,17+/m1/s1. The molecule has 5 rings (SSSR count). The molecule has 31 heavy (non-hydrogen) atoms. The lowest BCUT2D eigenvalue weighted by atomic mass is 9.83. The van der Waals surface area contributed by atoms with Crippen molar-refractivity contribution in [3.8, 4) is 5.75 Å². The summed E-state index contributed by atoms with van der Waals surface area (Å²) in [6.45, 7) is 6.68. The van der Waals surface area contributed by atoms with Crippen molar-refractivity contribution in [2.45, 2.75) is 32.0 Å². The second kappa shape index (κ2) is 8.26. The quantitative estimate of drug-likeness (QED) is 0.776. The summed E-state index contributed by atoms with van der Waals surface area (Å²) >= 11 is 0. The molecule has 2 atom stereocenters. The van der Waals surface area contributed by atoms with Gasteiger partial charge in [-0.05, 0) is 18.4 Å². The van der Waals surface area contributed by atoms with Crippen molar-refractivity contribution < 1.29 is 9.84 Å². The summed E-state index contributed by atoms with van der Waals surface area (Å²) in [5, 5.41) is 10.5. The molecule has 166 valence electrons. The van der Waals surface area contributed by atoms with Crippen molar-refractivity contribution in [3.05, 3.63) is 61.9 Å². The summed E-state index contributed by atoms with van der Waals surface area (Å²) in [7, 11) is 1.93. The molecule has 8 nitrogen and oxygen atoms in total. The summed E-state index contributed by atoms with van der Waals surface area (Å²) in [4.78, 5) is 29.4. The van der Waals surface area contributed by atoms with Crippen LogP contribution in [0, 0.1) is 5.92 Å². The van der Waals surface area contributed by atoms with E-state index in [1.54, 1.807) is 12.1 Å². The van der Waals surface area contributed by atoms with Crippen molar-refractivity contribution in [2.75, 3.05) is 39.4 Å². The van der Waals surface area contributed by atoms with Crippen LogP contribution in [0.5, 0.6) is 5.75 Å². The van der Waals surface area contributed by atoms with Gasteiger partial charge in [0.15, 0.2) is 5.75 Å².